The summed E-state index contributed by atoms with van der Waals surface area (Å²) in [5, 5.41) is 2.99. The molecule has 2 aromatic rings. The van der Waals surface area contributed by atoms with Crippen LogP contribution in [0.15, 0.2) is 52.3 Å². The lowest BCUT2D eigenvalue weighted by Gasteiger charge is -2.26. The van der Waals surface area contributed by atoms with Crippen molar-refractivity contribution in [2.75, 3.05) is 26.5 Å². The van der Waals surface area contributed by atoms with Crippen molar-refractivity contribution >= 4 is 25.8 Å². The maximum atomic E-state index is 13.1. The Kier molecular flexibility index (Phi) is 8.95. The fraction of sp³-hybridized carbons (Fsp3) is 0.480. The number of nitrogens with zero attached hydrogens (tertiary/aromatic N) is 1. The highest BCUT2D eigenvalue weighted by Gasteiger charge is 2.27. The second-order valence-corrected chi connectivity index (χ2v) is 12.8. The number of carbonyl (C=O) groups excluding carboxylic acids is 1. The van der Waals surface area contributed by atoms with Gasteiger partial charge in [-0.3, -0.25) is 4.79 Å². The molecular weight excluding hydrogens is 488 g/mol. The third-order valence-corrected chi connectivity index (χ3v) is 9.30. The first-order valence-electron chi connectivity index (χ1n) is 11.8. The minimum Gasteiger partial charge on any atom is -0.496 e. The molecule has 1 heterocycles. The topological polar surface area (TPSA) is 110 Å². The highest BCUT2D eigenvalue weighted by molar-refractivity contribution is 7.90. The van der Waals surface area contributed by atoms with E-state index in [1.807, 2.05) is 6.92 Å². The van der Waals surface area contributed by atoms with Crippen molar-refractivity contribution in [2.45, 2.75) is 61.3 Å². The van der Waals surface area contributed by atoms with E-state index in [9.17, 15) is 21.6 Å². The number of aryl methyl sites for hydroxylation is 1. The number of benzene rings is 2. The fourth-order valence-corrected chi connectivity index (χ4v) is 6.45. The zero-order chi connectivity index (χ0) is 25.6. The molecule has 0 radical (unpaired) electrons. The average Bonchev–Trinajstić information content (AvgIpc) is 2.86. The van der Waals surface area contributed by atoms with Gasteiger partial charge in [0.05, 0.1) is 22.9 Å². The first kappa shape index (κ1) is 27.2. The lowest BCUT2D eigenvalue weighted by molar-refractivity contribution is -0.121. The quantitative estimate of drug-likeness (QED) is 0.512. The van der Waals surface area contributed by atoms with Crippen molar-refractivity contribution in [3.05, 3.63) is 53.6 Å². The van der Waals surface area contributed by atoms with Gasteiger partial charge in [-0.2, -0.15) is 4.31 Å². The number of nitrogens with one attached hydrogen (secondary N) is 1. The third-order valence-electron chi connectivity index (χ3n) is 6.28. The first-order valence-corrected chi connectivity index (χ1v) is 15.2. The lowest BCUT2D eigenvalue weighted by Crippen LogP contribution is -2.35. The van der Waals surface area contributed by atoms with Gasteiger partial charge in [0.25, 0.3) is 0 Å². The minimum atomic E-state index is -3.59. The molecule has 1 saturated heterocycles. The summed E-state index contributed by atoms with van der Waals surface area (Å²) in [5.74, 6) is 0.356. The molecule has 192 valence electrons. The zero-order valence-corrected chi connectivity index (χ0v) is 22.1. The smallest absolute Gasteiger partial charge is 0.243 e. The molecule has 35 heavy (non-hydrogen) atoms. The van der Waals surface area contributed by atoms with Crippen LogP contribution in [0.4, 0.5) is 0 Å². The Morgan fingerprint density at radius 3 is 2.20 bits per heavy atom. The van der Waals surface area contributed by atoms with E-state index in [0.29, 0.717) is 37.2 Å². The number of hydrogen-bond donors (Lipinski definition) is 1. The van der Waals surface area contributed by atoms with Crippen LogP contribution in [0.2, 0.25) is 0 Å². The predicted octanol–water partition coefficient (Wildman–Crippen LogP) is 3.47. The molecular formula is C25H34N2O6S2. The number of sulfonamides is 1. The molecule has 0 bridgehead atoms. The Morgan fingerprint density at radius 2 is 1.63 bits per heavy atom. The highest BCUT2D eigenvalue weighted by Crippen LogP contribution is 2.27. The van der Waals surface area contributed by atoms with Gasteiger partial charge in [0.1, 0.15) is 5.75 Å². The van der Waals surface area contributed by atoms with Gasteiger partial charge in [0.2, 0.25) is 15.9 Å². The van der Waals surface area contributed by atoms with Crippen molar-refractivity contribution in [1.29, 1.82) is 0 Å². The van der Waals surface area contributed by atoms with E-state index in [1.54, 1.807) is 42.5 Å². The van der Waals surface area contributed by atoms with Gasteiger partial charge < -0.3 is 10.1 Å². The van der Waals surface area contributed by atoms with E-state index in [4.69, 9.17) is 4.74 Å². The fourth-order valence-electron chi connectivity index (χ4n) is 4.25. The molecule has 1 N–H and O–H groups in total. The summed E-state index contributed by atoms with van der Waals surface area (Å²) in [5.41, 5.74) is 1.48. The van der Waals surface area contributed by atoms with Crippen LogP contribution in [0.5, 0.6) is 5.75 Å². The number of ether oxygens (including phenoxy) is 1. The number of methoxy groups -OCH3 is 1. The van der Waals surface area contributed by atoms with E-state index in [1.165, 1.54) is 11.4 Å². The van der Waals surface area contributed by atoms with Crippen LogP contribution in [0.3, 0.4) is 0 Å². The second kappa shape index (κ2) is 11.5. The standard InChI is InChI=1S/C25H34N2O6S2/c1-4-23(19-8-11-21(12-9-19)34(3,29)30)26-25(28)15-10-20-18-22(13-14-24(20)33-2)35(31,32)27-16-6-5-7-17-27/h8-9,11-14,18,23H,4-7,10,15-17H2,1-3H3,(H,26,28)/t23-/m0/s1. The maximum Gasteiger partial charge on any atom is 0.243 e. The average molecular weight is 523 g/mol. The van der Waals surface area contributed by atoms with E-state index < -0.39 is 19.9 Å². The number of piperidine rings is 1. The highest BCUT2D eigenvalue weighted by atomic mass is 32.2. The van der Waals surface area contributed by atoms with Gasteiger partial charge in [0.15, 0.2) is 9.84 Å². The number of hydrogen-bond acceptors (Lipinski definition) is 6. The molecule has 1 aliphatic rings. The van der Waals surface area contributed by atoms with E-state index in [-0.39, 0.29) is 28.2 Å². The third kappa shape index (κ3) is 6.83. The van der Waals surface area contributed by atoms with Crippen LogP contribution in [0.25, 0.3) is 0 Å². The number of carbonyl (C=O) groups is 1. The summed E-state index contributed by atoms with van der Waals surface area (Å²) in [6, 6.07) is 11.0. The van der Waals surface area contributed by atoms with Crippen molar-refractivity contribution in [3.63, 3.8) is 0 Å². The molecule has 0 saturated carbocycles. The van der Waals surface area contributed by atoms with E-state index in [2.05, 4.69) is 5.32 Å². The first-order chi connectivity index (χ1) is 16.6. The normalized spacial score (nSPS) is 16.0. The number of amides is 1. The van der Waals surface area contributed by atoms with Gasteiger partial charge in [-0.1, -0.05) is 25.5 Å². The van der Waals surface area contributed by atoms with Crippen molar-refractivity contribution in [2.24, 2.45) is 0 Å². The van der Waals surface area contributed by atoms with Crippen LogP contribution in [-0.4, -0.2) is 53.5 Å². The van der Waals surface area contributed by atoms with E-state index >= 15 is 0 Å². The summed E-state index contributed by atoms with van der Waals surface area (Å²) < 4.78 is 56.5. The number of sulfone groups is 1. The molecule has 8 nitrogen and oxygen atoms in total. The molecule has 0 spiro atoms. The van der Waals surface area contributed by atoms with Gasteiger partial charge in [-0.05, 0) is 67.1 Å². The van der Waals surface area contributed by atoms with E-state index in [0.717, 1.165) is 31.1 Å². The molecule has 0 aliphatic carbocycles. The molecule has 1 atom stereocenters. The van der Waals surface area contributed by atoms with Crippen LogP contribution < -0.4 is 10.1 Å². The van der Waals surface area contributed by atoms with Crippen LogP contribution in [-0.2, 0) is 31.1 Å². The van der Waals surface area contributed by atoms with Gasteiger partial charge in [0, 0.05) is 25.8 Å². The van der Waals surface area contributed by atoms with Gasteiger partial charge >= 0.3 is 0 Å². The predicted molar refractivity (Wildman–Crippen MR) is 135 cm³/mol. The summed E-state index contributed by atoms with van der Waals surface area (Å²) in [6.45, 7) is 2.98. The molecule has 10 heteroatoms. The molecule has 1 amide bonds. The Morgan fingerprint density at radius 1 is 1.00 bits per heavy atom. The van der Waals surface area contributed by atoms with Gasteiger partial charge in [-0.25, -0.2) is 16.8 Å². The van der Waals surface area contributed by atoms with Crippen molar-refractivity contribution in [1.82, 2.24) is 9.62 Å². The Balaban J connectivity index is 1.69. The number of rotatable bonds is 10. The van der Waals surface area contributed by atoms with Crippen molar-refractivity contribution in [3.8, 4) is 5.75 Å². The maximum absolute atomic E-state index is 13.1. The molecule has 0 aromatic heterocycles. The van der Waals surface area contributed by atoms with Crippen LogP contribution >= 0.6 is 0 Å². The minimum absolute atomic E-state index is 0.154. The Bertz CT molecular complexity index is 1240. The van der Waals surface area contributed by atoms with Crippen molar-refractivity contribution < 1.29 is 26.4 Å². The molecule has 1 fully saturated rings. The van der Waals surface area contributed by atoms with Gasteiger partial charge in [-0.15, -0.1) is 0 Å². The SMILES string of the molecule is CC[C@H](NC(=O)CCc1cc(S(=O)(=O)N2CCCCC2)ccc1OC)c1ccc(S(C)(=O)=O)cc1. The summed E-state index contributed by atoms with van der Waals surface area (Å²) in [7, 11) is -5.36. The molecule has 3 rings (SSSR count). The molecule has 0 unspecified atom stereocenters. The Labute approximate surface area is 208 Å². The van der Waals surface area contributed by atoms with Crippen LogP contribution in [0, 0.1) is 0 Å². The summed E-state index contributed by atoms with van der Waals surface area (Å²) in [4.78, 5) is 13.2. The Hall–Kier alpha value is -2.43. The molecule has 2 aromatic carbocycles. The lowest BCUT2D eigenvalue weighted by atomic mass is 10.0. The summed E-state index contributed by atoms with van der Waals surface area (Å²) >= 11 is 0. The summed E-state index contributed by atoms with van der Waals surface area (Å²) in [6.07, 6.45) is 5.02. The monoisotopic (exact) mass is 522 g/mol. The zero-order valence-electron chi connectivity index (χ0n) is 20.5. The largest absolute Gasteiger partial charge is 0.496 e. The van der Waals surface area contributed by atoms with Crippen LogP contribution in [0.1, 0.15) is 56.2 Å². The second-order valence-electron chi connectivity index (χ2n) is 8.81. The molecule has 1 aliphatic heterocycles.